The van der Waals surface area contributed by atoms with Gasteiger partial charge < -0.3 is 15.0 Å². The van der Waals surface area contributed by atoms with E-state index in [1.807, 2.05) is 0 Å². The van der Waals surface area contributed by atoms with Gasteiger partial charge in [-0.25, -0.2) is 0 Å². The Morgan fingerprint density at radius 1 is 1.15 bits per heavy atom. The number of ether oxygens (including phenoxy) is 1. The van der Waals surface area contributed by atoms with Crippen LogP contribution in [0.1, 0.15) is 46.8 Å². The van der Waals surface area contributed by atoms with Gasteiger partial charge in [-0.3, -0.25) is 4.98 Å². The molecule has 5 atom stereocenters. The molecule has 0 aromatic carbocycles. The molecule has 0 bridgehead atoms. The first-order valence-electron chi connectivity index (χ1n) is 13.2. The van der Waals surface area contributed by atoms with Crippen molar-refractivity contribution in [2.24, 2.45) is 17.3 Å². The molecule has 9 heteroatoms. The van der Waals surface area contributed by atoms with Crippen molar-refractivity contribution in [1.29, 1.82) is 0 Å². The predicted octanol–water partition coefficient (Wildman–Crippen LogP) is 4.64. The third kappa shape index (κ3) is 4.06. The maximum Gasteiger partial charge on any atom is 0.417 e. The van der Waals surface area contributed by atoms with Gasteiger partial charge in [-0.05, 0) is 62.1 Å². The predicted molar refractivity (Wildman–Crippen MR) is 121 cm³/mol. The van der Waals surface area contributed by atoms with Crippen LogP contribution in [0.15, 0.2) is 30.6 Å². The van der Waals surface area contributed by atoms with E-state index in [9.17, 15) is 13.2 Å². The van der Waals surface area contributed by atoms with E-state index in [1.165, 1.54) is 6.07 Å². The normalized spacial score (nSPS) is 34.6. The van der Waals surface area contributed by atoms with Crippen molar-refractivity contribution in [1.82, 2.24) is 20.1 Å². The molecule has 6 nitrogen and oxygen atoms in total. The number of nitrogens with zero attached hydrogens (tertiary/aromatic N) is 4. The molecule has 1 N–H and O–H groups in total. The first-order valence-corrected chi connectivity index (χ1v) is 12.2. The summed E-state index contributed by atoms with van der Waals surface area (Å²) in [6.07, 6.45) is 3.35. The summed E-state index contributed by atoms with van der Waals surface area (Å²) in [6, 6.07) is 4.32. The molecule has 2 saturated heterocycles. The molecule has 2 aromatic heterocycles. The van der Waals surface area contributed by atoms with E-state index in [1.54, 1.807) is 6.07 Å². The van der Waals surface area contributed by atoms with Crippen LogP contribution < -0.4 is 5.32 Å². The first kappa shape index (κ1) is 20.0. The fraction of sp³-hybridized carbons (Fsp3) is 0.640. The highest BCUT2D eigenvalue weighted by atomic mass is 19.4. The zero-order chi connectivity index (χ0) is 25.1. The topological polar surface area (TPSA) is 63.2 Å². The number of nitrogens with one attached hydrogen (secondary N) is 1. The summed E-state index contributed by atoms with van der Waals surface area (Å²) in [5, 5.41) is 11.6. The Labute approximate surface area is 200 Å². The summed E-state index contributed by atoms with van der Waals surface area (Å²) in [4.78, 5) is 5.89. The summed E-state index contributed by atoms with van der Waals surface area (Å²) in [7, 11) is 0. The molecule has 4 fully saturated rings. The molecule has 2 aliphatic carbocycles. The third-order valence-corrected chi connectivity index (χ3v) is 8.12. The van der Waals surface area contributed by atoms with Gasteiger partial charge in [0.25, 0.3) is 0 Å². The van der Waals surface area contributed by atoms with Crippen LogP contribution in [0.2, 0.25) is 0 Å². The van der Waals surface area contributed by atoms with Gasteiger partial charge in [0.1, 0.15) is 5.82 Å². The first-order chi connectivity index (χ1) is 17.2. The lowest BCUT2D eigenvalue weighted by molar-refractivity contribution is -0.137. The summed E-state index contributed by atoms with van der Waals surface area (Å²) < 4.78 is 64.1. The van der Waals surface area contributed by atoms with E-state index >= 15 is 0 Å². The Morgan fingerprint density at radius 3 is 2.71 bits per heavy atom. The molecule has 0 amide bonds. The fourth-order valence-corrected chi connectivity index (χ4v) is 6.57. The highest BCUT2D eigenvalue weighted by molar-refractivity contribution is 5.63. The van der Waals surface area contributed by atoms with E-state index in [0.29, 0.717) is 24.3 Å². The van der Waals surface area contributed by atoms with E-state index in [2.05, 4.69) is 25.4 Å². The van der Waals surface area contributed by atoms with Crippen molar-refractivity contribution in [3.63, 3.8) is 0 Å². The highest BCUT2D eigenvalue weighted by Gasteiger charge is 2.50. The van der Waals surface area contributed by atoms with Gasteiger partial charge in [-0.2, -0.15) is 13.2 Å². The molecular weight excluding hydrogens is 443 g/mol. The second-order valence-electron chi connectivity index (χ2n) is 10.2. The van der Waals surface area contributed by atoms with Crippen LogP contribution in [0, 0.1) is 17.3 Å². The minimum Gasteiger partial charge on any atom is -0.378 e. The average molecular weight is 476 g/mol. The average Bonchev–Trinajstić information content (AvgIpc) is 3.59. The molecule has 0 radical (unpaired) electrons. The zero-order valence-electron chi connectivity index (χ0n) is 20.9. The molecule has 2 aromatic rings. The molecule has 4 aliphatic rings. The summed E-state index contributed by atoms with van der Waals surface area (Å²) >= 11 is 0. The number of likely N-dealkylation sites (tertiary alicyclic amines) is 1. The summed E-state index contributed by atoms with van der Waals surface area (Å²) in [6.45, 7) is 0.794. The minimum absolute atomic E-state index is 0.0442. The zero-order valence-corrected chi connectivity index (χ0v) is 18.9. The minimum atomic E-state index is -4.49. The van der Waals surface area contributed by atoms with Crippen LogP contribution in [0.3, 0.4) is 0 Å². The monoisotopic (exact) mass is 475 g/mol. The Bertz CT molecular complexity index is 1090. The number of anilines is 1. The van der Waals surface area contributed by atoms with Gasteiger partial charge in [-0.15, -0.1) is 10.2 Å². The quantitative estimate of drug-likeness (QED) is 0.680. The Hall–Kier alpha value is -2.26. The number of hydrogen-bond acceptors (Lipinski definition) is 6. The number of aromatic nitrogens is 3. The maximum atomic E-state index is 13.3. The Morgan fingerprint density at radius 2 is 1.97 bits per heavy atom. The second kappa shape index (κ2) is 8.45. The SMILES string of the molecule is [2H]C([2H])(N1C[C@H]2CC(Nc3ccc(-c4cnccc4C(F)(F)F)nn3)C[C@H]2C1)[C@@]12CCC[C@@H]1OCC2. The van der Waals surface area contributed by atoms with Crippen molar-refractivity contribution in [2.75, 3.05) is 31.5 Å². The van der Waals surface area contributed by atoms with Gasteiger partial charge in [0, 0.05) is 58.3 Å². The third-order valence-electron chi connectivity index (χ3n) is 8.12. The molecule has 0 spiro atoms. The molecule has 1 unspecified atom stereocenters. The maximum absolute atomic E-state index is 13.3. The van der Waals surface area contributed by atoms with E-state index in [0.717, 1.165) is 70.1 Å². The number of fused-ring (bicyclic) bond motifs is 2. The van der Waals surface area contributed by atoms with Crippen molar-refractivity contribution < 1.29 is 20.6 Å². The Kier molecular flexibility index (Phi) is 4.96. The van der Waals surface area contributed by atoms with Gasteiger partial charge in [-0.1, -0.05) is 6.42 Å². The van der Waals surface area contributed by atoms with E-state index < -0.39 is 18.2 Å². The van der Waals surface area contributed by atoms with Crippen LogP contribution >= 0.6 is 0 Å². The molecule has 182 valence electrons. The van der Waals surface area contributed by atoms with E-state index in [4.69, 9.17) is 7.48 Å². The summed E-state index contributed by atoms with van der Waals surface area (Å²) in [5.74, 6) is 1.35. The van der Waals surface area contributed by atoms with Crippen molar-refractivity contribution in [2.45, 2.75) is 56.8 Å². The number of alkyl halides is 3. The molecule has 2 saturated carbocycles. The van der Waals surface area contributed by atoms with Gasteiger partial charge >= 0.3 is 6.18 Å². The van der Waals surface area contributed by atoms with Crippen molar-refractivity contribution >= 4 is 5.82 Å². The molecule has 2 aliphatic heterocycles. The van der Waals surface area contributed by atoms with Crippen LogP contribution in [-0.2, 0) is 10.9 Å². The van der Waals surface area contributed by atoms with Crippen molar-refractivity contribution in [3.8, 4) is 11.3 Å². The largest absolute Gasteiger partial charge is 0.417 e. The van der Waals surface area contributed by atoms with E-state index in [-0.39, 0.29) is 28.8 Å². The number of hydrogen-bond donors (Lipinski definition) is 1. The highest BCUT2D eigenvalue weighted by Crippen LogP contribution is 2.49. The van der Waals surface area contributed by atoms with Gasteiger partial charge in [0.05, 0.1) is 17.4 Å². The lowest BCUT2D eigenvalue weighted by Crippen LogP contribution is -2.39. The van der Waals surface area contributed by atoms with Gasteiger partial charge in [0.15, 0.2) is 0 Å². The number of halogens is 3. The fourth-order valence-electron chi connectivity index (χ4n) is 6.57. The smallest absolute Gasteiger partial charge is 0.378 e. The van der Waals surface area contributed by atoms with Crippen LogP contribution in [0.5, 0.6) is 0 Å². The number of pyridine rings is 1. The molecular formula is C25H30F3N5O. The summed E-state index contributed by atoms with van der Waals surface area (Å²) in [5.41, 5.74) is -1.12. The van der Waals surface area contributed by atoms with Crippen LogP contribution in [-0.4, -0.2) is 58.4 Å². The van der Waals surface area contributed by atoms with Crippen molar-refractivity contribution in [3.05, 3.63) is 36.2 Å². The second-order valence-corrected chi connectivity index (χ2v) is 10.2. The van der Waals surface area contributed by atoms with Crippen LogP contribution in [0.25, 0.3) is 11.3 Å². The Balaban J connectivity index is 1.09. The number of rotatable bonds is 5. The molecule has 34 heavy (non-hydrogen) atoms. The molecule has 6 rings (SSSR count). The standard InChI is InChI=1S/C25H30F3N5O/c26-25(27,28)20-5-8-29-12-19(20)21-3-4-23(32-31-21)30-18-10-16-13-33(14-17(16)11-18)15-24-6-1-2-22(24)34-9-7-24/h3-5,8,12,16-18,22H,1-2,6-7,9-11,13-15H2,(H,30,32)/t16-,17+,18?,22-,24-/m0/s1/i15D2. The van der Waals surface area contributed by atoms with Gasteiger partial charge in [0.2, 0.25) is 0 Å². The lowest BCUT2D eigenvalue weighted by atomic mass is 9.82. The molecule has 4 heterocycles. The lowest BCUT2D eigenvalue weighted by Gasteiger charge is -2.33. The van der Waals surface area contributed by atoms with Crippen LogP contribution in [0.4, 0.5) is 19.0 Å².